The van der Waals surface area contributed by atoms with Gasteiger partial charge >= 0.3 is 0 Å². The minimum absolute atomic E-state index is 0. The Hall–Kier alpha value is -0.260. The highest BCUT2D eigenvalue weighted by atomic mass is 35.5. The first-order chi connectivity index (χ1) is 3.19. The maximum absolute atomic E-state index is 8.26. The fourth-order valence-corrected chi connectivity index (χ4v) is 0.604. The molecule has 1 aliphatic carbocycles. The second-order valence-corrected chi connectivity index (χ2v) is 2.26. The van der Waals surface area contributed by atoms with Gasteiger partial charge in [-0.05, 0) is 12.3 Å². The Morgan fingerprint density at radius 1 is 1.88 bits per heavy atom. The lowest BCUT2D eigenvalue weighted by Crippen LogP contribution is -2.20. The van der Waals surface area contributed by atoms with Gasteiger partial charge < -0.3 is 5.73 Å². The van der Waals surface area contributed by atoms with Crippen molar-refractivity contribution in [2.75, 3.05) is 0 Å². The fraction of sp³-hybridized carbons (Fsp3) is 0.800. The average molecular weight is 133 g/mol. The zero-order valence-corrected chi connectivity index (χ0v) is 5.53. The van der Waals surface area contributed by atoms with Crippen molar-refractivity contribution in [1.29, 1.82) is 5.26 Å². The summed E-state index contributed by atoms with van der Waals surface area (Å²) in [5, 5.41) is 8.26. The van der Waals surface area contributed by atoms with Crippen molar-refractivity contribution in [1.82, 2.24) is 0 Å². The maximum atomic E-state index is 8.26. The van der Waals surface area contributed by atoms with E-state index in [4.69, 9.17) is 11.0 Å². The monoisotopic (exact) mass is 132 g/mol. The van der Waals surface area contributed by atoms with Crippen LogP contribution in [0.25, 0.3) is 0 Å². The van der Waals surface area contributed by atoms with Gasteiger partial charge in [0.15, 0.2) is 0 Å². The molecular formula is C5H9ClN2. The van der Waals surface area contributed by atoms with Crippen LogP contribution in [0.2, 0.25) is 0 Å². The van der Waals surface area contributed by atoms with Crippen molar-refractivity contribution in [3.8, 4) is 6.07 Å². The molecule has 0 heterocycles. The molecule has 8 heavy (non-hydrogen) atoms. The molecule has 0 aromatic carbocycles. The lowest BCUT2D eigenvalue weighted by molar-refractivity contribution is 0.771. The molecule has 3 heteroatoms. The van der Waals surface area contributed by atoms with Crippen molar-refractivity contribution >= 4 is 12.4 Å². The van der Waals surface area contributed by atoms with Gasteiger partial charge in [-0.15, -0.1) is 12.4 Å². The van der Waals surface area contributed by atoms with E-state index in [2.05, 4.69) is 0 Å². The third kappa shape index (κ3) is 0.936. The van der Waals surface area contributed by atoms with Crippen LogP contribution in [-0.4, -0.2) is 5.54 Å². The lowest BCUT2D eigenvalue weighted by Gasteiger charge is -1.89. The van der Waals surface area contributed by atoms with Crippen LogP contribution in [0.1, 0.15) is 13.3 Å². The van der Waals surface area contributed by atoms with Crippen molar-refractivity contribution in [3.05, 3.63) is 0 Å². The highest BCUT2D eigenvalue weighted by Crippen LogP contribution is 2.39. The molecule has 0 aromatic heterocycles. The smallest absolute Gasteiger partial charge is 0.107 e. The number of nitrogens with zero attached hydrogens (tertiary/aromatic N) is 1. The Kier molecular flexibility index (Phi) is 1.86. The first-order valence-corrected chi connectivity index (χ1v) is 2.39. The predicted octanol–water partition coefficient (Wildman–Crippen LogP) is 0.669. The van der Waals surface area contributed by atoms with Crippen molar-refractivity contribution in [2.45, 2.75) is 18.9 Å². The van der Waals surface area contributed by atoms with Crippen LogP contribution in [0, 0.1) is 17.2 Å². The zero-order valence-electron chi connectivity index (χ0n) is 4.72. The van der Waals surface area contributed by atoms with Gasteiger partial charge in [0, 0.05) is 0 Å². The van der Waals surface area contributed by atoms with Crippen LogP contribution in [-0.2, 0) is 0 Å². The van der Waals surface area contributed by atoms with Crippen LogP contribution in [0.15, 0.2) is 0 Å². The SMILES string of the molecule is C[C@H]1CC1(N)C#N.Cl. The van der Waals surface area contributed by atoms with E-state index in [0.717, 1.165) is 6.42 Å². The molecule has 1 saturated carbocycles. The number of nitrogens with two attached hydrogens (primary N) is 1. The van der Waals surface area contributed by atoms with Gasteiger partial charge in [-0.25, -0.2) is 0 Å². The van der Waals surface area contributed by atoms with Crippen LogP contribution in [0.3, 0.4) is 0 Å². The summed E-state index contributed by atoms with van der Waals surface area (Å²) in [5.41, 5.74) is 4.98. The quantitative estimate of drug-likeness (QED) is 0.527. The van der Waals surface area contributed by atoms with Crippen molar-refractivity contribution in [2.24, 2.45) is 11.7 Å². The molecule has 1 aliphatic rings. The summed E-state index contributed by atoms with van der Waals surface area (Å²) in [6.45, 7) is 1.99. The number of halogens is 1. The van der Waals surface area contributed by atoms with Crippen molar-refractivity contribution < 1.29 is 0 Å². The molecule has 46 valence electrons. The van der Waals surface area contributed by atoms with E-state index in [-0.39, 0.29) is 12.4 Å². The van der Waals surface area contributed by atoms with Gasteiger partial charge in [0.05, 0.1) is 6.07 Å². The van der Waals surface area contributed by atoms with Crippen LogP contribution >= 0.6 is 12.4 Å². The Bertz CT molecular complexity index is 129. The fourth-order valence-electron chi connectivity index (χ4n) is 0.604. The van der Waals surface area contributed by atoms with E-state index in [1.165, 1.54) is 0 Å². The number of nitriles is 1. The molecule has 2 atom stereocenters. The summed E-state index contributed by atoms with van der Waals surface area (Å²) >= 11 is 0. The Balaban J connectivity index is 0.000000490. The molecule has 0 amide bonds. The first-order valence-electron chi connectivity index (χ1n) is 2.39. The number of rotatable bonds is 0. The minimum Gasteiger partial charge on any atom is -0.313 e. The lowest BCUT2D eigenvalue weighted by atomic mass is 10.3. The molecule has 0 aliphatic heterocycles. The van der Waals surface area contributed by atoms with Gasteiger partial charge in [-0.2, -0.15) is 5.26 Å². The normalized spacial score (nSPS) is 41.9. The van der Waals surface area contributed by atoms with Gasteiger partial charge in [-0.3, -0.25) is 0 Å². The van der Waals surface area contributed by atoms with Crippen LogP contribution in [0.4, 0.5) is 0 Å². The Labute approximate surface area is 55.1 Å². The third-order valence-corrected chi connectivity index (χ3v) is 1.57. The molecule has 0 radical (unpaired) electrons. The zero-order chi connectivity index (χ0) is 5.49. The van der Waals surface area contributed by atoms with E-state index < -0.39 is 5.54 Å². The number of hydrogen-bond acceptors (Lipinski definition) is 2. The molecule has 0 saturated heterocycles. The molecule has 0 spiro atoms. The molecule has 1 unspecified atom stereocenters. The van der Waals surface area contributed by atoms with E-state index in [0.29, 0.717) is 5.92 Å². The van der Waals surface area contributed by atoms with Crippen LogP contribution < -0.4 is 5.73 Å². The van der Waals surface area contributed by atoms with E-state index >= 15 is 0 Å². The Morgan fingerprint density at radius 3 is 2.25 bits per heavy atom. The van der Waals surface area contributed by atoms with Gasteiger partial charge in [0.2, 0.25) is 0 Å². The molecule has 1 rings (SSSR count). The standard InChI is InChI=1S/C5H8N2.ClH/c1-4-2-5(4,7)3-6;/h4H,2,7H2,1H3;1H/t4-,5?;/m0./s1. The third-order valence-electron chi connectivity index (χ3n) is 1.57. The molecular weight excluding hydrogens is 124 g/mol. The summed E-state index contributed by atoms with van der Waals surface area (Å²) in [6, 6.07) is 2.04. The highest BCUT2D eigenvalue weighted by Gasteiger charge is 2.48. The minimum atomic E-state index is -0.444. The number of hydrogen-bond donors (Lipinski definition) is 1. The molecule has 1 fully saturated rings. The van der Waals surface area contributed by atoms with E-state index in [1.807, 2.05) is 13.0 Å². The summed E-state index contributed by atoms with van der Waals surface area (Å²) in [4.78, 5) is 0. The largest absolute Gasteiger partial charge is 0.313 e. The summed E-state index contributed by atoms with van der Waals surface area (Å²) in [5.74, 6) is 0.428. The average Bonchev–Trinajstić information content (AvgIpc) is 2.18. The van der Waals surface area contributed by atoms with E-state index in [9.17, 15) is 0 Å². The maximum Gasteiger partial charge on any atom is 0.107 e. The Morgan fingerprint density at radius 2 is 2.25 bits per heavy atom. The first kappa shape index (κ1) is 7.74. The second-order valence-electron chi connectivity index (χ2n) is 2.26. The van der Waals surface area contributed by atoms with E-state index in [1.54, 1.807) is 0 Å². The van der Waals surface area contributed by atoms with Gasteiger partial charge in [0.25, 0.3) is 0 Å². The molecule has 2 N–H and O–H groups in total. The summed E-state index contributed by atoms with van der Waals surface area (Å²) in [6.07, 6.45) is 0.878. The second kappa shape index (κ2) is 1.93. The van der Waals surface area contributed by atoms with Crippen LogP contribution in [0.5, 0.6) is 0 Å². The molecule has 0 bridgehead atoms. The van der Waals surface area contributed by atoms with Gasteiger partial charge in [0.1, 0.15) is 5.54 Å². The van der Waals surface area contributed by atoms with Gasteiger partial charge in [-0.1, -0.05) is 6.92 Å². The molecule has 0 aromatic rings. The summed E-state index contributed by atoms with van der Waals surface area (Å²) < 4.78 is 0. The topological polar surface area (TPSA) is 49.8 Å². The molecule has 2 nitrogen and oxygen atoms in total. The summed E-state index contributed by atoms with van der Waals surface area (Å²) in [7, 11) is 0. The predicted molar refractivity (Wildman–Crippen MR) is 33.6 cm³/mol. The highest BCUT2D eigenvalue weighted by molar-refractivity contribution is 5.85. The van der Waals surface area contributed by atoms with Crippen molar-refractivity contribution in [3.63, 3.8) is 0 Å².